The molecule has 0 N–H and O–H groups in total. The molecule has 5 nitrogen and oxygen atoms in total. The van der Waals surface area contributed by atoms with E-state index >= 15 is 0 Å². The van der Waals surface area contributed by atoms with E-state index in [1.807, 2.05) is 39.0 Å². The highest BCUT2D eigenvalue weighted by Crippen LogP contribution is 2.22. The van der Waals surface area contributed by atoms with Crippen molar-refractivity contribution in [2.24, 2.45) is 5.92 Å². The predicted octanol–water partition coefficient (Wildman–Crippen LogP) is 4.26. The van der Waals surface area contributed by atoms with E-state index in [4.69, 9.17) is 9.47 Å². The fraction of sp³-hybridized carbons (Fsp3) is 0.647. The maximum atomic E-state index is 12.0. The fourth-order valence-corrected chi connectivity index (χ4v) is 2.86. The first kappa shape index (κ1) is 18.0. The van der Waals surface area contributed by atoms with Crippen LogP contribution < -0.4 is 4.74 Å². The quantitative estimate of drug-likeness (QED) is 0.727. The summed E-state index contributed by atoms with van der Waals surface area (Å²) in [4.78, 5) is 18.1. The van der Waals surface area contributed by atoms with E-state index in [-0.39, 0.29) is 6.09 Å². The van der Waals surface area contributed by atoms with Crippen molar-refractivity contribution in [3.8, 4) is 5.88 Å². The van der Waals surface area contributed by atoms with Crippen LogP contribution in [0.3, 0.4) is 0 Å². The highest BCUT2D eigenvalue weighted by atomic mass is 79.9. The second-order valence-electron chi connectivity index (χ2n) is 6.85. The number of nitrogens with zero attached hydrogens (tertiary/aromatic N) is 2. The van der Waals surface area contributed by atoms with Crippen LogP contribution in [0.4, 0.5) is 4.79 Å². The third kappa shape index (κ3) is 6.37. The summed E-state index contributed by atoms with van der Waals surface area (Å²) in [6, 6.07) is 5.64. The van der Waals surface area contributed by atoms with Gasteiger partial charge in [-0.3, -0.25) is 0 Å². The first-order valence-electron chi connectivity index (χ1n) is 8.07. The molecular formula is C17H25BrN2O3. The topological polar surface area (TPSA) is 51.7 Å². The van der Waals surface area contributed by atoms with Crippen molar-refractivity contribution in [2.45, 2.75) is 45.6 Å². The minimum atomic E-state index is -0.432. The van der Waals surface area contributed by atoms with Gasteiger partial charge < -0.3 is 14.4 Å². The molecule has 6 heteroatoms. The molecule has 2 heterocycles. The molecule has 0 spiro atoms. The lowest BCUT2D eigenvalue weighted by molar-refractivity contribution is 0.0177. The van der Waals surface area contributed by atoms with Crippen LogP contribution in [0.2, 0.25) is 0 Å². The van der Waals surface area contributed by atoms with E-state index in [0.717, 1.165) is 37.0 Å². The maximum Gasteiger partial charge on any atom is 0.410 e. The smallest absolute Gasteiger partial charge is 0.410 e. The number of pyridine rings is 1. The number of hydrogen-bond donors (Lipinski definition) is 0. The Balaban J connectivity index is 1.68. The van der Waals surface area contributed by atoms with Crippen LogP contribution in [0.5, 0.6) is 5.88 Å². The fourth-order valence-electron chi connectivity index (χ4n) is 2.53. The Labute approximate surface area is 146 Å². The van der Waals surface area contributed by atoms with E-state index in [9.17, 15) is 4.79 Å². The Morgan fingerprint density at radius 3 is 2.65 bits per heavy atom. The Kier molecular flexibility index (Phi) is 6.27. The van der Waals surface area contributed by atoms with Crippen molar-refractivity contribution in [2.75, 3.05) is 19.7 Å². The van der Waals surface area contributed by atoms with Crippen molar-refractivity contribution in [1.82, 2.24) is 9.88 Å². The van der Waals surface area contributed by atoms with E-state index in [1.54, 1.807) is 4.90 Å². The molecule has 1 saturated heterocycles. The molecule has 0 saturated carbocycles. The molecule has 1 aliphatic rings. The van der Waals surface area contributed by atoms with Gasteiger partial charge in [-0.1, -0.05) is 6.07 Å². The molecule has 0 bridgehead atoms. The molecule has 0 radical (unpaired) electrons. The van der Waals surface area contributed by atoms with Gasteiger partial charge in [-0.05, 0) is 67.9 Å². The van der Waals surface area contributed by atoms with Gasteiger partial charge in [0.05, 0.1) is 6.61 Å². The van der Waals surface area contributed by atoms with Gasteiger partial charge in [0, 0.05) is 19.2 Å². The van der Waals surface area contributed by atoms with E-state index < -0.39 is 5.60 Å². The lowest BCUT2D eigenvalue weighted by Gasteiger charge is -2.33. The zero-order chi connectivity index (χ0) is 16.9. The predicted molar refractivity (Wildman–Crippen MR) is 92.6 cm³/mol. The van der Waals surface area contributed by atoms with Gasteiger partial charge in [-0.25, -0.2) is 9.78 Å². The van der Waals surface area contributed by atoms with Gasteiger partial charge in [-0.2, -0.15) is 0 Å². The van der Waals surface area contributed by atoms with E-state index in [1.165, 1.54) is 0 Å². The van der Waals surface area contributed by atoms with Gasteiger partial charge in [0.1, 0.15) is 10.2 Å². The molecule has 1 aromatic rings. The Morgan fingerprint density at radius 1 is 1.35 bits per heavy atom. The highest BCUT2D eigenvalue weighted by Gasteiger charge is 2.26. The van der Waals surface area contributed by atoms with Gasteiger partial charge in [0.2, 0.25) is 5.88 Å². The van der Waals surface area contributed by atoms with Gasteiger partial charge in [-0.15, -0.1) is 0 Å². The number of piperidine rings is 1. The minimum Gasteiger partial charge on any atom is -0.478 e. The summed E-state index contributed by atoms with van der Waals surface area (Å²) in [7, 11) is 0. The minimum absolute atomic E-state index is 0.203. The molecule has 2 rings (SSSR count). The molecule has 0 atom stereocenters. The molecule has 23 heavy (non-hydrogen) atoms. The summed E-state index contributed by atoms with van der Waals surface area (Å²) >= 11 is 3.33. The SMILES string of the molecule is CC(C)(C)OC(=O)N1CCC(CCOc2cccc(Br)n2)CC1. The molecule has 1 aliphatic heterocycles. The summed E-state index contributed by atoms with van der Waals surface area (Å²) in [5.41, 5.74) is -0.432. The number of hydrogen-bond acceptors (Lipinski definition) is 4. The molecule has 1 aromatic heterocycles. The van der Waals surface area contributed by atoms with Gasteiger partial charge >= 0.3 is 6.09 Å². The lowest BCUT2D eigenvalue weighted by Crippen LogP contribution is -2.41. The van der Waals surface area contributed by atoms with Crippen LogP contribution in [0.15, 0.2) is 22.8 Å². The third-order valence-corrected chi connectivity index (χ3v) is 4.17. The van der Waals surface area contributed by atoms with Crippen molar-refractivity contribution < 1.29 is 14.3 Å². The van der Waals surface area contributed by atoms with Crippen LogP contribution in [0.1, 0.15) is 40.0 Å². The number of likely N-dealkylation sites (tertiary alicyclic amines) is 1. The molecule has 1 fully saturated rings. The second-order valence-corrected chi connectivity index (χ2v) is 7.66. The Bertz CT molecular complexity index is 523. The van der Waals surface area contributed by atoms with Crippen molar-refractivity contribution in [1.29, 1.82) is 0 Å². The van der Waals surface area contributed by atoms with Crippen LogP contribution in [0.25, 0.3) is 0 Å². The summed E-state index contributed by atoms with van der Waals surface area (Å²) in [6.07, 6.45) is 2.77. The first-order chi connectivity index (χ1) is 10.8. The highest BCUT2D eigenvalue weighted by molar-refractivity contribution is 9.10. The standard InChI is InChI=1S/C17H25BrN2O3/c1-17(2,3)23-16(21)20-10-7-13(8-11-20)9-12-22-15-6-4-5-14(18)19-15/h4-6,13H,7-12H2,1-3H3. The number of halogens is 1. The average molecular weight is 385 g/mol. The summed E-state index contributed by atoms with van der Waals surface area (Å²) in [5.74, 6) is 1.23. The van der Waals surface area contributed by atoms with Crippen molar-refractivity contribution in [3.05, 3.63) is 22.8 Å². The molecule has 0 aromatic carbocycles. The molecular weight excluding hydrogens is 360 g/mol. The van der Waals surface area contributed by atoms with Crippen molar-refractivity contribution >= 4 is 22.0 Å². The van der Waals surface area contributed by atoms with Crippen LogP contribution in [-0.4, -0.2) is 41.3 Å². The first-order valence-corrected chi connectivity index (χ1v) is 8.86. The lowest BCUT2D eigenvalue weighted by atomic mass is 9.94. The third-order valence-electron chi connectivity index (χ3n) is 3.73. The zero-order valence-corrected chi connectivity index (χ0v) is 15.6. The summed E-state index contributed by atoms with van der Waals surface area (Å²) in [6.45, 7) is 7.85. The van der Waals surface area contributed by atoms with Crippen LogP contribution >= 0.6 is 15.9 Å². The molecule has 0 aliphatic carbocycles. The Hall–Kier alpha value is -1.30. The van der Waals surface area contributed by atoms with E-state index in [0.29, 0.717) is 18.4 Å². The van der Waals surface area contributed by atoms with Crippen LogP contribution in [-0.2, 0) is 4.74 Å². The second kappa shape index (κ2) is 7.99. The van der Waals surface area contributed by atoms with Gasteiger partial charge in [0.15, 0.2) is 0 Å². The molecule has 1 amide bonds. The van der Waals surface area contributed by atoms with Gasteiger partial charge in [0.25, 0.3) is 0 Å². The number of carbonyl (C=O) groups is 1. The van der Waals surface area contributed by atoms with Crippen molar-refractivity contribution in [3.63, 3.8) is 0 Å². The van der Waals surface area contributed by atoms with Crippen LogP contribution in [0, 0.1) is 5.92 Å². The number of amides is 1. The molecule has 128 valence electrons. The normalized spacial score (nSPS) is 16.3. The zero-order valence-electron chi connectivity index (χ0n) is 14.0. The Morgan fingerprint density at radius 2 is 2.04 bits per heavy atom. The molecule has 0 unspecified atom stereocenters. The number of rotatable bonds is 4. The van der Waals surface area contributed by atoms with E-state index in [2.05, 4.69) is 20.9 Å². The maximum absolute atomic E-state index is 12.0. The number of aromatic nitrogens is 1. The summed E-state index contributed by atoms with van der Waals surface area (Å²) < 4.78 is 11.9. The summed E-state index contributed by atoms with van der Waals surface area (Å²) in [5, 5.41) is 0. The average Bonchev–Trinajstić information content (AvgIpc) is 2.46. The number of carbonyl (C=O) groups excluding carboxylic acids is 1. The largest absolute Gasteiger partial charge is 0.478 e. The monoisotopic (exact) mass is 384 g/mol. The number of ether oxygens (including phenoxy) is 2.